The Morgan fingerprint density at radius 2 is 2.30 bits per heavy atom. The molecule has 1 unspecified atom stereocenters. The summed E-state index contributed by atoms with van der Waals surface area (Å²) in [5, 5.41) is 2.66. The fraction of sp³-hybridized carbons (Fsp3) is 0.750. The molecule has 0 saturated carbocycles. The molecule has 0 heterocycles. The topological polar surface area (TPSA) is 29.1 Å². The molecule has 0 aliphatic carbocycles. The number of carbonyl (C=O) groups excluding carboxylic acids is 1. The van der Waals surface area contributed by atoms with Gasteiger partial charge in [0.2, 0.25) is 5.91 Å². The lowest BCUT2D eigenvalue weighted by Crippen LogP contribution is -2.22. The average molecular weight is 142 g/mol. The van der Waals surface area contributed by atoms with Crippen LogP contribution in [0.1, 0.15) is 26.7 Å². The first-order valence-corrected chi connectivity index (χ1v) is 3.76. The molecule has 0 spiro atoms. The minimum atomic E-state index is -0.177. The summed E-state index contributed by atoms with van der Waals surface area (Å²) in [4.78, 5) is 10.3. The summed E-state index contributed by atoms with van der Waals surface area (Å²) in [6.45, 7) is 8.30. The summed E-state index contributed by atoms with van der Waals surface area (Å²) in [6, 6.07) is 0. The first kappa shape index (κ1) is 9.47. The maximum absolute atomic E-state index is 10.3. The third-order valence-corrected chi connectivity index (χ3v) is 1.66. The average Bonchev–Trinajstić information content (AvgIpc) is 1.87. The van der Waals surface area contributed by atoms with Crippen molar-refractivity contribution < 1.29 is 4.79 Å². The van der Waals surface area contributed by atoms with Gasteiger partial charge in [-0.2, -0.15) is 0 Å². The zero-order valence-corrected chi connectivity index (χ0v) is 6.81. The second-order valence-corrected chi connectivity index (χ2v) is 2.65. The van der Waals surface area contributed by atoms with E-state index in [1.54, 1.807) is 0 Å². The van der Waals surface area contributed by atoms with Crippen molar-refractivity contribution >= 4 is 5.91 Å². The zero-order chi connectivity index (χ0) is 7.98. The van der Waals surface area contributed by atoms with Crippen LogP contribution in [0.2, 0.25) is 0 Å². The summed E-state index contributed by atoms with van der Waals surface area (Å²) in [7, 11) is 0. The van der Waals surface area contributed by atoms with Crippen LogP contribution in [-0.4, -0.2) is 12.5 Å². The van der Waals surface area contributed by atoms with Crippen molar-refractivity contribution in [3.05, 3.63) is 6.92 Å². The van der Waals surface area contributed by atoms with E-state index < -0.39 is 0 Å². The lowest BCUT2D eigenvalue weighted by Gasteiger charge is -2.07. The molecule has 0 aliphatic heterocycles. The largest absolute Gasteiger partial charge is 0.356 e. The summed E-state index contributed by atoms with van der Waals surface area (Å²) in [5.74, 6) is 0.523. The predicted octanol–water partition coefficient (Wildman–Crippen LogP) is 1.37. The quantitative estimate of drug-likeness (QED) is 0.631. The Balaban J connectivity index is 3.11. The predicted molar refractivity (Wildman–Crippen MR) is 42.4 cm³/mol. The van der Waals surface area contributed by atoms with E-state index in [1.807, 2.05) is 0 Å². The highest BCUT2D eigenvalue weighted by molar-refractivity contribution is 5.79. The van der Waals surface area contributed by atoms with Gasteiger partial charge in [-0.1, -0.05) is 20.3 Å². The molecular weight excluding hydrogens is 126 g/mol. The van der Waals surface area contributed by atoms with Gasteiger partial charge >= 0.3 is 0 Å². The van der Waals surface area contributed by atoms with E-state index in [0.29, 0.717) is 5.92 Å². The molecule has 1 N–H and O–H groups in total. The highest BCUT2D eigenvalue weighted by atomic mass is 16.1. The second kappa shape index (κ2) is 5.27. The monoisotopic (exact) mass is 142 g/mol. The maximum atomic E-state index is 10.3. The third kappa shape index (κ3) is 5.60. The highest BCUT2D eigenvalue weighted by Crippen LogP contribution is 2.03. The molecule has 1 radical (unpaired) electrons. The molecule has 0 rings (SSSR count). The summed E-state index contributed by atoms with van der Waals surface area (Å²) in [5.41, 5.74) is 0. The number of carbonyl (C=O) groups is 1. The number of nitrogens with one attached hydrogen (secondary N) is 1. The fourth-order valence-corrected chi connectivity index (χ4v) is 0.662. The Labute approximate surface area is 63.0 Å². The van der Waals surface area contributed by atoms with Crippen LogP contribution in [-0.2, 0) is 4.79 Å². The lowest BCUT2D eigenvalue weighted by atomic mass is 10.1. The standard InChI is InChI=1S/C8H16NO/c1-4-7(2)5-6-9-8(3)10/h7H,3-6H2,1-2H3,(H,9,10). The van der Waals surface area contributed by atoms with Gasteiger partial charge in [0, 0.05) is 13.5 Å². The smallest absolute Gasteiger partial charge is 0.220 e. The van der Waals surface area contributed by atoms with Gasteiger partial charge in [0.1, 0.15) is 0 Å². The summed E-state index contributed by atoms with van der Waals surface area (Å²) in [6.07, 6.45) is 2.23. The van der Waals surface area contributed by atoms with Crippen LogP contribution in [0.3, 0.4) is 0 Å². The van der Waals surface area contributed by atoms with Crippen molar-refractivity contribution in [3.63, 3.8) is 0 Å². The first-order chi connectivity index (χ1) is 4.66. The maximum Gasteiger partial charge on any atom is 0.220 e. The number of hydrogen-bond donors (Lipinski definition) is 1. The molecule has 0 aromatic carbocycles. The molecule has 2 nitrogen and oxygen atoms in total. The molecule has 0 fully saturated rings. The van der Waals surface area contributed by atoms with Gasteiger partial charge in [0.15, 0.2) is 0 Å². The van der Waals surface area contributed by atoms with Gasteiger partial charge in [-0.3, -0.25) is 4.79 Å². The second-order valence-electron chi connectivity index (χ2n) is 2.65. The summed E-state index contributed by atoms with van der Waals surface area (Å²) >= 11 is 0. The van der Waals surface area contributed by atoms with Crippen molar-refractivity contribution in [2.24, 2.45) is 5.92 Å². The van der Waals surface area contributed by atoms with Gasteiger partial charge in [-0.25, -0.2) is 0 Å². The Hall–Kier alpha value is -0.530. The van der Waals surface area contributed by atoms with Crippen molar-refractivity contribution in [2.75, 3.05) is 6.54 Å². The van der Waals surface area contributed by atoms with Crippen LogP contribution < -0.4 is 5.32 Å². The van der Waals surface area contributed by atoms with E-state index in [-0.39, 0.29) is 5.91 Å². The van der Waals surface area contributed by atoms with Gasteiger partial charge in [-0.15, -0.1) is 0 Å². The van der Waals surface area contributed by atoms with E-state index in [1.165, 1.54) is 6.42 Å². The van der Waals surface area contributed by atoms with Gasteiger partial charge in [0.25, 0.3) is 0 Å². The molecular formula is C8H16NO. The molecule has 0 saturated heterocycles. The number of hydrogen-bond acceptors (Lipinski definition) is 1. The molecule has 0 bridgehead atoms. The molecule has 0 aliphatic rings. The van der Waals surface area contributed by atoms with Crippen LogP contribution in [0, 0.1) is 12.8 Å². The van der Waals surface area contributed by atoms with Crippen LogP contribution >= 0.6 is 0 Å². The SMILES string of the molecule is [CH2]C(=O)NCCC(C)CC. The molecule has 59 valence electrons. The van der Waals surface area contributed by atoms with E-state index in [0.717, 1.165) is 13.0 Å². The van der Waals surface area contributed by atoms with Crippen molar-refractivity contribution in [1.82, 2.24) is 5.32 Å². The molecule has 1 atom stereocenters. The Morgan fingerprint density at radius 3 is 2.70 bits per heavy atom. The van der Waals surface area contributed by atoms with Gasteiger partial charge in [0.05, 0.1) is 0 Å². The Kier molecular flexibility index (Phi) is 4.99. The lowest BCUT2D eigenvalue weighted by molar-refractivity contribution is -0.116. The van der Waals surface area contributed by atoms with Crippen LogP contribution in [0.15, 0.2) is 0 Å². The minimum Gasteiger partial charge on any atom is -0.356 e. The van der Waals surface area contributed by atoms with Crippen molar-refractivity contribution in [3.8, 4) is 0 Å². The molecule has 0 aromatic rings. The molecule has 1 amide bonds. The Morgan fingerprint density at radius 1 is 1.70 bits per heavy atom. The highest BCUT2D eigenvalue weighted by Gasteiger charge is 1.97. The minimum absolute atomic E-state index is 0.177. The molecule has 10 heavy (non-hydrogen) atoms. The van der Waals surface area contributed by atoms with Crippen LogP contribution in [0.25, 0.3) is 0 Å². The number of amides is 1. The van der Waals surface area contributed by atoms with E-state index in [9.17, 15) is 4.79 Å². The van der Waals surface area contributed by atoms with Crippen LogP contribution in [0.5, 0.6) is 0 Å². The van der Waals surface area contributed by atoms with Crippen LogP contribution in [0.4, 0.5) is 0 Å². The zero-order valence-electron chi connectivity index (χ0n) is 6.81. The van der Waals surface area contributed by atoms with Gasteiger partial charge in [-0.05, 0) is 12.3 Å². The third-order valence-electron chi connectivity index (χ3n) is 1.66. The Bertz CT molecular complexity index is 101. The molecule has 2 heteroatoms. The fourth-order valence-electron chi connectivity index (χ4n) is 0.662. The van der Waals surface area contributed by atoms with Crippen molar-refractivity contribution in [1.29, 1.82) is 0 Å². The van der Waals surface area contributed by atoms with E-state index in [4.69, 9.17) is 0 Å². The van der Waals surface area contributed by atoms with E-state index in [2.05, 4.69) is 26.1 Å². The van der Waals surface area contributed by atoms with Crippen molar-refractivity contribution in [2.45, 2.75) is 26.7 Å². The molecule has 0 aromatic heterocycles. The first-order valence-electron chi connectivity index (χ1n) is 3.76. The normalized spacial score (nSPS) is 12.7. The summed E-state index contributed by atoms with van der Waals surface area (Å²) < 4.78 is 0. The van der Waals surface area contributed by atoms with E-state index >= 15 is 0 Å². The number of rotatable bonds is 4. The van der Waals surface area contributed by atoms with Gasteiger partial charge < -0.3 is 5.32 Å².